The van der Waals surface area contributed by atoms with Crippen molar-refractivity contribution >= 4 is 23.2 Å². The molecular weight excluding hydrogens is 252 g/mol. The minimum Gasteiger partial charge on any atom is -0.497 e. The second-order valence-corrected chi connectivity index (χ2v) is 4.50. The van der Waals surface area contributed by atoms with Gasteiger partial charge in [0.2, 0.25) is 5.91 Å². The summed E-state index contributed by atoms with van der Waals surface area (Å²) >= 11 is 5.98. The van der Waals surface area contributed by atoms with E-state index >= 15 is 0 Å². The van der Waals surface area contributed by atoms with E-state index in [1.165, 1.54) is 7.11 Å². The number of nitrogens with zero attached hydrogens (tertiary/aromatic N) is 1. The van der Waals surface area contributed by atoms with Gasteiger partial charge in [0.15, 0.2) is 0 Å². The van der Waals surface area contributed by atoms with Gasteiger partial charge >= 0.3 is 0 Å². The van der Waals surface area contributed by atoms with Gasteiger partial charge in [0.25, 0.3) is 0 Å². The van der Waals surface area contributed by atoms with E-state index in [4.69, 9.17) is 21.6 Å². The number of carbonyl (C=O) groups excluding carboxylic acids is 1. The molecule has 1 aromatic rings. The molecule has 0 aromatic heterocycles. The third kappa shape index (κ3) is 2.93. The predicted octanol–water partition coefficient (Wildman–Crippen LogP) is 3.23. The van der Waals surface area contributed by atoms with Crippen molar-refractivity contribution in [2.24, 2.45) is 5.41 Å². The summed E-state index contributed by atoms with van der Waals surface area (Å²) in [6, 6.07) is 6.95. The van der Waals surface area contributed by atoms with Crippen molar-refractivity contribution in [3.05, 3.63) is 23.2 Å². The van der Waals surface area contributed by atoms with Crippen LogP contribution in [0.4, 0.5) is 5.69 Å². The summed E-state index contributed by atoms with van der Waals surface area (Å²) in [6.07, 6.45) is 0.428. The number of ether oxygens (including phenoxy) is 1. The van der Waals surface area contributed by atoms with E-state index in [2.05, 4.69) is 5.32 Å². The zero-order valence-electron chi connectivity index (χ0n) is 10.6. The van der Waals surface area contributed by atoms with Crippen LogP contribution < -0.4 is 10.1 Å². The number of carbonyl (C=O) groups is 1. The van der Waals surface area contributed by atoms with Gasteiger partial charge < -0.3 is 10.1 Å². The minimum absolute atomic E-state index is 0.373. The second-order valence-electron chi connectivity index (χ2n) is 4.10. The molecule has 0 heterocycles. The lowest BCUT2D eigenvalue weighted by Gasteiger charge is -2.19. The lowest BCUT2D eigenvalue weighted by molar-refractivity contribution is -0.122. The summed E-state index contributed by atoms with van der Waals surface area (Å²) in [7, 11) is 1.53. The van der Waals surface area contributed by atoms with Gasteiger partial charge in [-0.05, 0) is 25.5 Å². The summed E-state index contributed by atoms with van der Waals surface area (Å²) in [5, 5.41) is 12.1. The number of anilines is 1. The molecule has 1 rings (SSSR count). The van der Waals surface area contributed by atoms with Gasteiger partial charge in [0, 0.05) is 6.07 Å². The fourth-order valence-electron chi connectivity index (χ4n) is 1.28. The number of methoxy groups -OCH3 is 1. The van der Waals surface area contributed by atoms with E-state index < -0.39 is 5.41 Å². The molecule has 0 saturated heterocycles. The molecule has 0 spiro atoms. The van der Waals surface area contributed by atoms with Gasteiger partial charge in [-0.25, -0.2) is 0 Å². The number of nitrogens with one attached hydrogen (secondary N) is 1. The van der Waals surface area contributed by atoms with E-state index in [9.17, 15) is 4.79 Å². The Hall–Kier alpha value is -1.73. The quantitative estimate of drug-likeness (QED) is 0.910. The van der Waals surface area contributed by atoms with Gasteiger partial charge in [-0.1, -0.05) is 18.5 Å². The number of halogens is 1. The predicted molar refractivity (Wildman–Crippen MR) is 70.6 cm³/mol. The first-order valence-corrected chi connectivity index (χ1v) is 5.91. The minimum atomic E-state index is -1.06. The number of hydrogen-bond acceptors (Lipinski definition) is 3. The highest BCUT2D eigenvalue weighted by Crippen LogP contribution is 2.29. The van der Waals surface area contributed by atoms with E-state index in [1.807, 2.05) is 6.07 Å². The van der Waals surface area contributed by atoms with Crippen molar-refractivity contribution in [2.45, 2.75) is 20.3 Å². The van der Waals surface area contributed by atoms with Crippen LogP contribution in [-0.2, 0) is 4.79 Å². The molecule has 0 aliphatic rings. The van der Waals surface area contributed by atoms with E-state index in [0.717, 1.165) is 0 Å². The highest BCUT2D eigenvalue weighted by atomic mass is 35.5. The van der Waals surface area contributed by atoms with E-state index in [0.29, 0.717) is 22.9 Å². The average molecular weight is 267 g/mol. The highest BCUT2D eigenvalue weighted by Gasteiger charge is 2.31. The highest BCUT2D eigenvalue weighted by molar-refractivity contribution is 6.33. The Morgan fingerprint density at radius 3 is 2.78 bits per heavy atom. The summed E-state index contributed by atoms with van der Waals surface area (Å²) in [5.41, 5.74) is -0.622. The molecule has 1 aromatic carbocycles. The normalized spacial score (nSPS) is 13.3. The average Bonchev–Trinajstić information content (AvgIpc) is 2.40. The molecule has 1 N–H and O–H groups in total. The maximum Gasteiger partial charge on any atom is 0.244 e. The van der Waals surface area contributed by atoms with Gasteiger partial charge in [-0.2, -0.15) is 5.26 Å². The molecule has 0 fully saturated rings. The molecule has 0 aliphatic heterocycles. The molecule has 4 nitrogen and oxygen atoms in total. The SMILES string of the molecule is CCC(C)(C#N)C(=O)Nc1cc(OC)ccc1Cl. The molecule has 96 valence electrons. The summed E-state index contributed by atoms with van der Waals surface area (Å²) in [4.78, 5) is 12.0. The molecule has 1 amide bonds. The van der Waals surface area contributed by atoms with Crippen LogP contribution in [0.2, 0.25) is 5.02 Å². The number of amides is 1. The van der Waals surface area contributed by atoms with Crippen LogP contribution in [0.1, 0.15) is 20.3 Å². The first-order valence-electron chi connectivity index (χ1n) is 5.53. The van der Waals surface area contributed by atoms with Crippen LogP contribution in [0.15, 0.2) is 18.2 Å². The zero-order chi connectivity index (χ0) is 13.8. The van der Waals surface area contributed by atoms with Gasteiger partial charge in [0.1, 0.15) is 11.2 Å². The Morgan fingerprint density at radius 1 is 1.61 bits per heavy atom. The number of rotatable bonds is 4. The van der Waals surface area contributed by atoms with Crippen LogP contribution in [0.3, 0.4) is 0 Å². The molecule has 1 atom stereocenters. The third-order valence-corrected chi connectivity index (χ3v) is 3.21. The number of nitriles is 1. The largest absolute Gasteiger partial charge is 0.497 e. The van der Waals surface area contributed by atoms with Crippen molar-refractivity contribution in [1.82, 2.24) is 0 Å². The standard InChI is InChI=1S/C13H15ClN2O2/c1-4-13(2,8-15)12(17)16-11-7-9(18-3)5-6-10(11)14/h5-7H,4H2,1-3H3,(H,16,17). The first kappa shape index (κ1) is 14.3. The van der Waals surface area contributed by atoms with Crippen LogP contribution in [0, 0.1) is 16.7 Å². The Bertz CT molecular complexity index is 496. The Kier molecular flexibility index (Phi) is 4.57. The van der Waals surface area contributed by atoms with E-state index in [1.54, 1.807) is 32.0 Å². The Balaban J connectivity index is 2.98. The number of benzene rings is 1. The second kappa shape index (κ2) is 5.74. The maximum absolute atomic E-state index is 12.0. The molecular formula is C13H15ClN2O2. The monoisotopic (exact) mass is 266 g/mol. The fraction of sp³-hybridized carbons (Fsp3) is 0.385. The fourth-order valence-corrected chi connectivity index (χ4v) is 1.44. The first-order chi connectivity index (χ1) is 8.46. The number of hydrogen-bond donors (Lipinski definition) is 1. The molecule has 0 aliphatic carbocycles. The van der Waals surface area contributed by atoms with Crippen molar-refractivity contribution in [3.8, 4) is 11.8 Å². The van der Waals surface area contributed by atoms with Gasteiger partial charge in [-0.3, -0.25) is 4.79 Å². The lowest BCUT2D eigenvalue weighted by Crippen LogP contribution is -2.31. The molecule has 1 unspecified atom stereocenters. The summed E-state index contributed by atoms with van der Waals surface area (Å²) in [5.74, 6) is 0.215. The molecule has 0 radical (unpaired) electrons. The van der Waals surface area contributed by atoms with Crippen molar-refractivity contribution < 1.29 is 9.53 Å². The topological polar surface area (TPSA) is 62.1 Å². The van der Waals surface area contributed by atoms with Crippen LogP contribution in [-0.4, -0.2) is 13.0 Å². The van der Waals surface area contributed by atoms with Crippen molar-refractivity contribution in [2.75, 3.05) is 12.4 Å². The zero-order valence-corrected chi connectivity index (χ0v) is 11.3. The van der Waals surface area contributed by atoms with Crippen LogP contribution >= 0.6 is 11.6 Å². The maximum atomic E-state index is 12.0. The Labute approximate surface area is 112 Å². The summed E-state index contributed by atoms with van der Waals surface area (Å²) < 4.78 is 5.05. The smallest absolute Gasteiger partial charge is 0.244 e. The Morgan fingerprint density at radius 2 is 2.28 bits per heavy atom. The molecule has 5 heteroatoms. The lowest BCUT2D eigenvalue weighted by atomic mass is 9.88. The van der Waals surface area contributed by atoms with Crippen LogP contribution in [0.25, 0.3) is 0 Å². The van der Waals surface area contributed by atoms with Gasteiger partial charge in [0.05, 0.1) is 23.9 Å². The van der Waals surface area contributed by atoms with E-state index in [-0.39, 0.29) is 5.91 Å². The third-order valence-electron chi connectivity index (χ3n) is 2.88. The van der Waals surface area contributed by atoms with Gasteiger partial charge in [-0.15, -0.1) is 0 Å². The molecule has 18 heavy (non-hydrogen) atoms. The molecule has 0 saturated carbocycles. The molecule has 0 bridgehead atoms. The van der Waals surface area contributed by atoms with Crippen molar-refractivity contribution in [1.29, 1.82) is 5.26 Å². The van der Waals surface area contributed by atoms with Crippen molar-refractivity contribution in [3.63, 3.8) is 0 Å². The van der Waals surface area contributed by atoms with Crippen LogP contribution in [0.5, 0.6) is 5.75 Å². The summed E-state index contributed by atoms with van der Waals surface area (Å²) in [6.45, 7) is 3.38.